The van der Waals surface area contributed by atoms with Crippen LogP contribution >= 0.6 is 0 Å². The molecule has 0 radical (unpaired) electrons. The molecule has 2 aliphatic rings. The van der Waals surface area contributed by atoms with E-state index in [0.29, 0.717) is 18.2 Å². The molecule has 0 aliphatic carbocycles. The predicted molar refractivity (Wildman–Crippen MR) is 94.9 cm³/mol. The van der Waals surface area contributed by atoms with Crippen molar-refractivity contribution >= 4 is 5.97 Å². The molecule has 4 rings (SSSR count). The van der Waals surface area contributed by atoms with Crippen LogP contribution in [0.3, 0.4) is 0 Å². The smallest absolute Gasteiger partial charge is 0.374 e. The second-order valence-electron chi connectivity index (χ2n) is 7.28. The Morgan fingerprint density at radius 2 is 2.19 bits per heavy atom. The van der Waals surface area contributed by atoms with Crippen LogP contribution in [0, 0.1) is 0 Å². The fourth-order valence-electron chi connectivity index (χ4n) is 4.19. The molecule has 0 bridgehead atoms. The van der Waals surface area contributed by atoms with Crippen LogP contribution < -0.4 is 0 Å². The molecule has 26 heavy (non-hydrogen) atoms. The van der Waals surface area contributed by atoms with Crippen molar-refractivity contribution in [2.45, 2.75) is 57.5 Å². The first kappa shape index (κ1) is 17.3. The van der Waals surface area contributed by atoms with Crippen molar-refractivity contribution in [3.8, 4) is 0 Å². The van der Waals surface area contributed by atoms with Gasteiger partial charge in [-0.25, -0.2) is 4.79 Å². The molecular weight excluding hydrogens is 332 g/mol. The minimum absolute atomic E-state index is 0.311. The summed E-state index contributed by atoms with van der Waals surface area (Å²) in [6, 6.07) is 1.86. The summed E-state index contributed by atoms with van der Waals surface area (Å²) in [5.74, 6) is 2.59. The first-order valence-corrected chi connectivity index (χ1v) is 9.55. The van der Waals surface area contributed by atoms with Crippen molar-refractivity contribution in [2.75, 3.05) is 20.2 Å². The highest BCUT2D eigenvalue weighted by Gasteiger charge is 2.28. The molecule has 7 heteroatoms. The number of likely N-dealkylation sites (tertiary alicyclic amines) is 1. The fourth-order valence-corrected chi connectivity index (χ4v) is 4.19. The number of furan rings is 1. The van der Waals surface area contributed by atoms with Gasteiger partial charge < -0.3 is 13.7 Å². The Morgan fingerprint density at radius 3 is 3.08 bits per heavy atom. The molecule has 140 valence electrons. The Labute approximate surface area is 153 Å². The van der Waals surface area contributed by atoms with E-state index >= 15 is 0 Å². The summed E-state index contributed by atoms with van der Waals surface area (Å²) in [6.07, 6.45) is 8.57. The third kappa shape index (κ3) is 3.40. The van der Waals surface area contributed by atoms with Crippen LogP contribution in [0.15, 0.2) is 16.7 Å². The van der Waals surface area contributed by atoms with Gasteiger partial charge in [0, 0.05) is 37.5 Å². The van der Waals surface area contributed by atoms with Crippen LogP contribution in [0.25, 0.3) is 0 Å². The second-order valence-corrected chi connectivity index (χ2v) is 7.28. The fraction of sp³-hybridized carbons (Fsp3) is 0.632. The third-order valence-corrected chi connectivity index (χ3v) is 5.52. The molecule has 0 aromatic carbocycles. The number of nitrogens with zero attached hydrogens (tertiary/aromatic N) is 4. The Kier molecular flexibility index (Phi) is 5.06. The van der Waals surface area contributed by atoms with Crippen molar-refractivity contribution in [1.29, 1.82) is 0 Å². The van der Waals surface area contributed by atoms with Crippen LogP contribution in [0.5, 0.6) is 0 Å². The number of carbonyl (C=O) groups excluding carboxylic acids is 1. The summed E-state index contributed by atoms with van der Waals surface area (Å²) in [5.41, 5.74) is 0.887. The average molecular weight is 358 g/mol. The number of methoxy groups -OCH3 is 1. The molecule has 2 aliphatic heterocycles. The zero-order valence-electron chi connectivity index (χ0n) is 15.3. The molecule has 1 unspecified atom stereocenters. The van der Waals surface area contributed by atoms with Crippen LogP contribution in [0.2, 0.25) is 0 Å². The first-order valence-electron chi connectivity index (χ1n) is 9.55. The summed E-state index contributed by atoms with van der Waals surface area (Å²) in [7, 11) is 1.38. The van der Waals surface area contributed by atoms with Crippen molar-refractivity contribution in [2.24, 2.45) is 0 Å². The van der Waals surface area contributed by atoms with E-state index in [-0.39, 0.29) is 0 Å². The normalized spacial score (nSPS) is 21.2. The molecule has 2 aromatic heterocycles. The second kappa shape index (κ2) is 7.61. The SMILES string of the molecule is COC(=O)c1occc1CN1CCCC(c2nnc3n2CCCCC3)C1. The predicted octanol–water partition coefficient (Wildman–Crippen LogP) is 2.76. The monoisotopic (exact) mass is 358 g/mol. The highest BCUT2D eigenvalue weighted by Crippen LogP contribution is 2.29. The zero-order chi connectivity index (χ0) is 17.9. The van der Waals surface area contributed by atoms with Gasteiger partial charge in [0.25, 0.3) is 0 Å². The summed E-state index contributed by atoms with van der Waals surface area (Å²) in [6.45, 7) is 3.69. The van der Waals surface area contributed by atoms with E-state index in [0.717, 1.165) is 56.1 Å². The van der Waals surface area contributed by atoms with Gasteiger partial charge in [0.2, 0.25) is 5.76 Å². The largest absolute Gasteiger partial charge is 0.463 e. The molecule has 0 amide bonds. The molecular formula is C19H26N4O3. The summed E-state index contributed by atoms with van der Waals surface area (Å²) in [4.78, 5) is 14.2. The maximum atomic E-state index is 11.8. The Morgan fingerprint density at radius 1 is 1.27 bits per heavy atom. The number of aryl methyl sites for hydroxylation is 1. The van der Waals surface area contributed by atoms with Crippen LogP contribution in [0.4, 0.5) is 0 Å². The lowest BCUT2D eigenvalue weighted by molar-refractivity contribution is 0.0561. The number of rotatable bonds is 4. The van der Waals surface area contributed by atoms with Gasteiger partial charge in [-0.05, 0) is 38.3 Å². The van der Waals surface area contributed by atoms with Crippen LogP contribution in [-0.4, -0.2) is 45.8 Å². The van der Waals surface area contributed by atoms with E-state index in [4.69, 9.17) is 9.15 Å². The standard InChI is InChI=1S/C19H26N4O3/c1-25-19(24)17-14(8-11-26-17)12-22-9-5-6-15(13-22)18-21-20-16-7-3-2-4-10-23(16)18/h8,11,15H,2-7,9-10,12-13H2,1H3. The van der Waals surface area contributed by atoms with Gasteiger partial charge in [0.05, 0.1) is 13.4 Å². The Balaban J connectivity index is 1.48. The molecule has 7 nitrogen and oxygen atoms in total. The minimum Gasteiger partial charge on any atom is -0.463 e. The lowest BCUT2D eigenvalue weighted by Crippen LogP contribution is -2.35. The van der Waals surface area contributed by atoms with Crippen LogP contribution in [-0.2, 0) is 24.2 Å². The van der Waals surface area contributed by atoms with Gasteiger partial charge in [-0.2, -0.15) is 0 Å². The molecule has 1 fully saturated rings. The van der Waals surface area contributed by atoms with Crippen molar-refractivity contribution in [1.82, 2.24) is 19.7 Å². The molecule has 2 aromatic rings. The maximum absolute atomic E-state index is 11.8. The maximum Gasteiger partial charge on any atom is 0.374 e. The molecule has 1 saturated heterocycles. The lowest BCUT2D eigenvalue weighted by atomic mass is 9.96. The topological polar surface area (TPSA) is 73.4 Å². The number of fused-ring (bicyclic) bond motifs is 1. The highest BCUT2D eigenvalue weighted by atomic mass is 16.5. The zero-order valence-corrected chi connectivity index (χ0v) is 15.3. The number of hydrogen-bond acceptors (Lipinski definition) is 6. The third-order valence-electron chi connectivity index (χ3n) is 5.52. The highest BCUT2D eigenvalue weighted by molar-refractivity contribution is 5.87. The summed E-state index contributed by atoms with van der Waals surface area (Å²) in [5, 5.41) is 9.01. The first-order chi connectivity index (χ1) is 12.8. The quantitative estimate of drug-likeness (QED) is 0.783. The van der Waals surface area contributed by atoms with E-state index in [1.165, 1.54) is 26.4 Å². The summed E-state index contributed by atoms with van der Waals surface area (Å²) < 4.78 is 12.5. The van der Waals surface area contributed by atoms with E-state index < -0.39 is 5.97 Å². The van der Waals surface area contributed by atoms with Gasteiger partial charge in [-0.15, -0.1) is 10.2 Å². The number of carbonyl (C=O) groups is 1. The number of ether oxygens (including phenoxy) is 1. The van der Waals surface area contributed by atoms with Crippen molar-refractivity contribution in [3.63, 3.8) is 0 Å². The number of hydrogen-bond donors (Lipinski definition) is 0. The van der Waals surface area contributed by atoms with Crippen molar-refractivity contribution < 1.29 is 13.9 Å². The molecule has 1 atom stereocenters. The van der Waals surface area contributed by atoms with E-state index in [1.54, 1.807) is 6.26 Å². The Hall–Kier alpha value is -2.15. The van der Waals surface area contributed by atoms with E-state index in [2.05, 4.69) is 19.7 Å². The molecule has 0 N–H and O–H groups in total. The van der Waals surface area contributed by atoms with Gasteiger partial charge in [-0.3, -0.25) is 4.90 Å². The number of piperidine rings is 1. The van der Waals surface area contributed by atoms with Gasteiger partial charge in [0.15, 0.2) is 0 Å². The van der Waals surface area contributed by atoms with E-state index in [9.17, 15) is 4.79 Å². The summed E-state index contributed by atoms with van der Waals surface area (Å²) >= 11 is 0. The molecule has 4 heterocycles. The van der Waals surface area contributed by atoms with Gasteiger partial charge >= 0.3 is 5.97 Å². The number of aromatic nitrogens is 3. The average Bonchev–Trinajstić information content (AvgIpc) is 3.22. The number of esters is 1. The van der Waals surface area contributed by atoms with Gasteiger partial charge in [-0.1, -0.05) is 6.42 Å². The van der Waals surface area contributed by atoms with Crippen LogP contribution in [0.1, 0.15) is 65.8 Å². The van der Waals surface area contributed by atoms with Gasteiger partial charge in [0.1, 0.15) is 11.6 Å². The molecule has 0 saturated carbocycles. The lowest BCUT2D eigenvalue weighted by Gasteiger charge is -2.32. The van der Waals surface area contributed by atoms with E-state index in [1.807, 2.05) is 6.07 Å². The van der Waals surface area contributed by atoms with Crippen molar-refractivity contribution in [3.05, 3.63) is 35.3 Å². The molecule has 0 spiro atoms. The minimum atomic E-state index is -0.415. The Bertz CT molecular complexity index is 767.